The number of carbonyl (C=O) groups excluding carboxylic acids is 1. The van der Waals surface area contributed by atoms with Crippen molar-refractivity contribution >= 4 is 24.3 Å². The van der Waals surface area contributed by atoms with Crippen LogP contribution in [0.4, 0.5) is 0 Å². The minimum Gasteiger partial charge on any atom is -0.474 e. The highest BCUT2D eigenvalue weighted by atomic mass is 32.2. The molecule has 2 heterocycles. The van der Waals surface area contributed by atoms with Crippen molar-refractivity contribution in [2.75, 3.05) is 13.2 Å². The number of esters is 1. The molecule has 0 amide bonds. The number of hydrogen-bond acceptors (Lipinski definition) is 7. The molecule has 0 bridgehead atoms. The van der Waals surface area contributed by atoms with E-state index in [1.54, 1.807) is 33.8 Å². The van der Waals surface area contributed by atoms with Gasteiger partial charge >= 0.3 is 5.97 Å². The first-order chi connectivity index (χ1) is 16.3. The lowest BCUT2D eigenvalue weighted by Gasteiger charge is -2.36. The number of pyridine rings is 1. The Bertz CT molecular complexity index is 1010. The second-order valence-corrected chi connectivity index (χ2v) is 18.9. The van der Waals surface area contributed by atoms with Gasteiger partial charge in [0.2, 0.25) is 15.9 Å². The molecule has 0 spiro atoms. The summed E-state index contributed by atoms with van der Waals surface area (Å²) < 4.78 is 46.4. The van der Waals surface area contributed by atoms with E-state index in [0.29, 0.717) is 31.6 Å². The molecule has 1 aromatic rings. The SMILES string of the molecule is Cc1ccc(S(=O)(=O)N2CCC[C@H]2C(=O)OC(C)(C)C)c(O[C@H](C)CCCO[Si](C)(C)C(C)(C)C)n1. The number of sulfonamides is 1. The largest absolute Gasteiger partial charge is 0.474 e. The van der Waals surface area contributed by atoms with Crippen molar-refractivity contribution in [3.63, 3.8) is 0 Å². The lowest BCUT2D eigenvalue weighted by atomic mass is 10.2. The number of hydrogen-bond donors (Lipinski definition) is 0. The molecule has 1 aromatic heterocycles. The molecule has 0 radical (unpaired) electrons. The molecular formula is C26H46N2O6SSi. The van der Waals surface area contributed by atoms with Gasteiger partial charge in [0, 0.05) is 18.8 Å². The average molecular weight is 543 g/mol. The van der Waals surface area contributed by atoms with E-state index in [0.717, 1.165) is 6.42 Å². The number of ether oxygens (including phenoxy) is 2. The molecule has 0 unspecified atom stereocenters. The van der Waals surface area contributed by atoms with E-state index in [1.807, 2.05) is 6.92 Å². The Morgan fingerprint density at radius 3 is 2.42 bits per heavy atom. The number of nitrogens with zero attached hydrogens (tertiary/aromatic N) is 2. The molecule has 0 aromatic carbocycles. The van der Waals surface area contributed by atoms with Crippen molar-refractivity contribution in [1.82, 2.24) is 9.29 Å². The van der Waals surface area contributed by atoms with E-state index in [2.05, 4.69) is 38.8 Å². The molecule has 0 N–H and O–H groups in total. The first-order valence-corrected chi connectivity index (χ1v) is 17.2. The predicted molar refractivity (Wildman–Crippen MR) is 144 cm³/mol. The molecule has 36 heavy (non-hydrogen) atoms. The minimum atomic E-state index is -4.02. The number of carbonyl (C=O) groups is 1. The van der Waals surface area contributed by atoms with Crippen molar-refractivity contribution in [2.45, 2.75) is 122 Å². The van der Waals surface area contributed by atoms with E-state index in [1.165, 1.54) is 10.4 Å². The summed E-state index contributed by atoms with van der Waals surface area (Å²) in [6.45, 7) is 21.0. The van der Waals surface area contributed by atoms with E-state index in [-0.39, 0.29) is 28.5 Å². The second-order valence-electron chi connectivity index (χ2n) is 12.2. The summed E-state index contributed by atoms with van der Waals surface area (Å²) in [4.78, 5) is 17.2. The van der Waals surface area contributed by atoms with Crippen molar-refractivity contribution in [1.29, 1.82) is 0 Å². The van der Waals surface area contributed by atoms with Crippen LogP contribution < -0.4 is 4.74 Å². The van der Waals surface area contributed by atoms with E-state index in [9.17, 15) is 13.2 Å². The first kappa shape index (κ1) is 30.7. The molecule has 2 rings (SSSR count). The normalized spacial score (nSPS) is 18.8. The lowest BCUT2D eigenvalue weighted by molar-refractivity contribution is -0.158. The zero-order chi connectivity index (χ0) is 27.5. The second kappa shape index (κ2) is 11.5. The third kappa shape index (κ3) is 8.00. The van der Waals surface area contributed by atoms with Gasteiger partial charge in [-0.2, -0.15) is 4.31 Å². The Morgan fingerprint density at radius 1 is 1.19 bits per heavy atom. The predicted octanol–water partition coefficient (Wildman–Crippen LogP) is 5.45. The third-order valence-corrected chi connectivity index (χ3v) is 13.2. The first-order valence-electron chi connectivity index (χ1n) is 12.9. The third-order valence-electron chi connectivity index (χ3n) is 6.77. The van der Waals surface area contributed by atoms with Crippen LogP contribution in [0.2, 0.25) is 18.1 Å². The van der Waals surface area contributed by atoms with Crippen LogP contribution in [0.15, 0.2) is 17.0 Å². The molecule has 1 aliphatic rings. The van der Waals surface area contributed by atoms with E-state index >= 15 is 0 Å². The van der Waals surface area contributed by atoms with Crippen LogP contribution in [-0.4, -0.2) is 62.9 Å². The summed E-state index contributed by atoms with van der Waals surface area (Å²) in [6.07, 6.45) is 2.26. The molecule has 0 aliphatic carbocycles. The molecule has 1 saturated heterocycles. The van der Waals surface area contributed by atoms with E-state index in [4.69, 9.17) is 13.9 Å². The van der Waals surface area contributed by atoms with Gasteiger partial charge in [0.1, 0.15) is 16.5 Å². The van der Waals surface area contributed by atoms with Crippen molar-refractivity contribution < 1.29 is 27.1 Å². The van der Waals surface area contributed by atoms with Gasteiger partial charge in [-0.15, -0.1) is 0 Å². The Hall–Kier alpha value is -1.49. The zero-order valence-electron chi connectivity index (χ0n) is 23.8. The highest BCUT2D eigenvalue weighted by molar-refractivity contribution is 7.89. The summed E-state index contributed by atoms with van der Waals surface area (Å²) in [5, 5.41) is 0.149. The molecule has 8 nitrogen and oxygen atoms in total. The summed E-state index contributed by atoms with van der Waals surface area (Å²) in [5.74, 6) is -0.455. The maximum atomic E-state index is 13.7. The highest BCUT2D eigenvalue weighted by Gasteiger charge is 2.43. The van der Waals surface area contributed by atoms with Gasteiger partial charge in [-0.25, -0.2) is 13.4 Å². The Morgan fingerprint density at radius 2 is 1.83 bits per heavy atom. The smallest absolute Gasteiger partial charge is 0.324 e. The Labute approximate surface area is 219 Å². The van der Waals surface area contributed by atoms with Crippen LogP contribution in [0.1, 0.15) is 79.8 Å². The van der Waals surface area contributed by atoms with Crippen molar-refractivity contribution in [3.05, 3.63) is 17.8 Å². The van der Waals surface area contributed by atoms with Gasteiger partial charge in [-0.05, 0) is 90.6 Å². The fourth-order valence-corrected chi connectivity index (χ4v) is 6.52. The van der Waals surface area contributed by atoms with Crippen LogP contribution in [0.25, 0.3) is 0 Å². The Kier molecular flexibility index (Phi) is 9.81. The van der Waals surface area contributed by atoms with Gasteiger partial charge < -0.3 is 13.9 Å². The number of aromatic nitrogens is 1. The molecule has 2 atom stereocenters. The summed E-state index contributed by atoms with van der Waals surface area (Å²) in [6, 6.07) is 2.31. The Balaban J connectivity index is 2.14. The summed E-state index contributed by atoms with van der Waals surface area (Å²) in [5.41, 5.74) is -0.0408. The maximum Gasteiger partial charge on any atom is 0.324 e. The van der Waals surface area contributed by atoms with E-state index < -0.39 is 36.0 Å². The topological polar surface area (TPSA) is 95.0 Å². The van der Waals surface area contributed by atoms with Gasteiger partial charge in [0.25, 0.3) is 0 Å². The van der Waals surface area contributed by atoms with Gasteiger partial charge in [-0.3, -0.25) is 4.79 Å². The fourth-order valence-electron chi connectivity index (χ4n) is 3.72. The fraction of sp³-hybridized carbons (Fsp3) is 0.769. The van der Waals surface area contributed by atoms with Crippen molar-refractivity contribution in [2.24, 2.45) is 0 Å². The van der Waals surface area contributed by atoms with Crippen LogP contribution in [0.5, 0.6) is 5.88 Å². The standard InChI is InChI=1S/C26H46N2O6SSi/c1-19-15-16-22(35(30,31)28-17-11-14-21(28)24(29)34-25(3,4)5)23(27-19)33-20(2)13-12-18-32-36(9,10)26(6,7)8/h15-16,20-21H,11-14,17-18H2,1-10H3/t20-,21+/m1/s1. The quantitative estimate of drug-likeness (QED) is 0.220. The molecule has 206 valence electrons. The number of aryl methyl sites for hydroxylation is 1. The maximum absolute atomic E-state index is 13.7. The van der Waals surface area contributed by atoms with Crippen molar-refractivity contribution in [3.8, 4) is 5.88 Å². The van der Waals surface area contributed by atoms with Gasteiger partial charge in [-0.1, -0.05) is 20.8 Å². The monoisotopic (exact) mass is 542 g/mol. The minimum absolute atomic E-state index is 0.0204. The highest BCUT2D eigenvalue weighted by Crippen LogP contribution is 2.37. The average Bonchev–Trinajstić information content (AvgIpc) is 3.20. The summed E-state index contributed by atoms with van der Waals surface area (Å²) >= 11 is 0. The molecule has 10 heteroatoms. The molecular weight excluding hydrogens is 496 g/mol. The molecule has 0 saturated carbocycles. The molecule has 1 aliphatic heterocycles. The van der Waals surface area contributed by atoms with Crippen LogP contribution in [0.3, 0.4) is 0 Å². The summed E-state index contributed by atoms with van der Waals surface area (Å²) in [7, 11) is -5.83. The lowest BCUT2D eigenvalue weighted by Crippen LogP contribution is -2.43. The van der Waals surface area contributed by atoms with Crippen LogP contribution in [-0.2, 0) is 24.0 Å². The molecule has 1 fully saturated rings. The van der Waals surface area contributed by atoms with Gasteiger partial charge in [0.05, 0.1) is 6.10 Å². The van der Waals surface area contributed by atoms with Crippen LogP contribution in [0, 0.1) is 6.92 Å². The number of rotatable bonds is 10. The van der Waals surface area contributed by atoms with Gasteiger partial charge in [0.15, 0.2) is 8.32 Å². The van der Waals surface area contributed by atoms with Crippen LogP contribution >= 0.6 is 0 Å². The zero-order valence-corrected chi connectivity index (χ0v) is 25.6.